The quantitative estimate of drug-likeness (QED) is 0.369. The van der Waals surface area contributed by atoms with E-state index in [1.54, 1.807) is 6.20 Å². The van der Waals surface area contributed by atoms with Crippen LogP contribution in [0.2, 0.25) is 0 Å². The number of hydrogen-bond donors (Lipinski definition) is 1. The third-order valence-corrected chi connectivity index (χ3v) is 8.94. The van der Waals surface area contributed by atoms with E-state index in [1.165, 1.54) is 6.07 Å². The fourth-order valence-corrected chi connectivity index (χ4v) is 6.36. The van der Waals surface area contributed by atoms with Gasteiger partial charge in [-0.3, -0.25) is 14.8 Å². The van der Waals surface area contributed by atoms with Gasteiger partial charge in [0.05, 0.1) is 23.4 Å². The number of aromatic nitrogens is 2. The zero-order valence-electron chi connectivity index (χ0n) is 23.5. The number of rotatable bonds is 6. The zero-order valence-corrected chi connectivity index (χ0v) is 23.5. The molecular formula is C32H33F3N6O. The number of halogens is 3. The molecule has 2 aliphatic heterocycles. The van der Waals surface area contributed by atoms with Crippen LogP contribution >= 0.6 is 0 Å². The molecule has 4 heterocycles. The number of alkyl halides is 3. The summed E-state index contributed by atoms with van der Waals surface area (Å²) in [6.07, 6.45) is 3.14. The summed E-state index contributed by atoms with van der Waals surface area (Å²) in [5.41, 5.74) is 2.47. The molecule has 0 radical (unpaired) electrons. The normalized spacial score (nSPS) is 20.7. The van der Waals surface area contributed by atoms with Crippen LogP contribution in [0.25, 0.3) is 16.1 Å². The first-order valence-electron chi connectivity index (χ1n) is 14.4. The predicted molar refractivity (Wildman–Crippen MR) is 154 cm³/mol. The van der Waals surface area contributed by atoms with E-state index >= 15 is 0 Å². The third-order valence-electron chi connectivity index (χ3n) is 8.94. The van der Waals surface area contributed by atoms with Crippen molar-refractivity contribution in [2.75, 3.05) is 38.1 Å². The molecule has 1 aliphatic carbocycles. The van der Waals surface area contributed by atoms with Crippen molar-refractivity contribution in [1.82, 2.24) is 20.2 Å². The van der Waals surface area contributed by atoms with Crippen molar-refractivity contribution in [2.45, 2.75) is 55.7 Å². The largest absolute Gasteiger partial charge is 0.415 e. The Kier molecular flexibility index (Phi) is 7.39. The summed E-state index contributed by atoms with van der Waals surface area (Å²) >= 11 is 0. The summed E-state index contributed by atoms with van der Waals surface area (Å²) in [4.78, 5) is 31.0. The number of pyridine rings is 2. The highest BCUT2D eigenvalue weighted by molar-refractivity contribution is 5.89. The molecule has 1 atom stereocenters. The minimum absolute atomic E-state index is 0.0373. The predicted octanol–water partition coefficient (Wildman–Crippen LogP) is 5.95. The first kappa shape index (κ1) is 28.2. The van der Waals surface area contributed by atoms with Crippen molar-refractivity contribution in [2.24, 2.45) is 0 Å². The lowest BCUT2D eigenvalue weighted by Gasteiger charge is -2.42. The van der Waals surface area contributed by atoms with E-state index in [9.17, 15) is 18.0 Å². The lowest BCUT2D eigenvalue weighted by atomic mass is 9.72. The second-order valence-electron chi connectivity index (χ2n) is 11.7. The molecule has 0 bridgehead atoms. The number of nitrogens with zero attached hydrogens (tertiary/aromatic N) is 5. The number of likely N-dealkylation sites (N-methyl/N-ethyl adjacent to an activating group) is 1. The van der Waals surface area contributed by atoms with Gasteiger partial charge in [0.2, 0.25) is 11.6 Å². The Morgan fingerprint density at radius 3 is 2.48 bits per heavy atom. The van der Waals surface area contributed by atoms with Gasteiger partial charge in [0.15, 0.2) is 0 Å². The maximum absolute atomic E-state index is 14.1. The SMILES string of the molecule is [C-]#[N+]c1cc(C(F)(F)F)ccc1N1CCC(C(=O)N[C@H]2CCN(C)C2)(c2ccc(-c3cccnc3C3CC3)nc2)CC1. The summed E-state index contributed by atoms with van der Waals surface area (Å²) in [5.74, 6) is 0.425. The van der Waals surface area contributed by atoms with Gasteiger partial charge in [-0.15, -0.1) is 0 Å². The van der Waals surface area contributed by atoms with Crippen molar-refractivity contribution in [3.8, 4) is 11.3 Å². The molecule has 2 saturated heterocycles. The molecule has 2 aromatic heterocycles. The van der Waals surface area contributed by atoms with E-state index in [1.807, 2.05) is 42.4 Å². The lowest BCUT2D eigenvalue weighted by molar-refractivity contribution is -0.137. The van der Waals surface area contributed by atoms with Crippen LogP contribution < -0.4 is 10.2 Å². The number of piperidine rings is 1. The van der Waals surface area contributed by atoms with Gasteiger partial charge in [0.25, 0.3) is 0 Å². The van der Waals surface area contributed by atoms with E-state index in [2.05, 4.69) is 20.0 Å². The monoisotopic (exact) mass is 574 g/mol. The van der Waals surface area contributed by atoms with Crippen LogP contribution in [0.1, 0.15) is 54.8 Å². The third kappa shape index (κ3) is 5.45. The fourth-order valence-electron chi connectivity index (χ4n) is 6.36. The van der Waals surface area contributed by atoms with Gasteiger partial charge >= 0.3 is 6.18 Å². The minimum Gasteiger partial charge on any atom is -0.380 e. The molecule has 1 N–H and O–H groups in total. The van der Waals surface area contributed by atoms with E-state index in [0.29, 0.717) is 37.5 Å². The second-order valence-corrected chi connectivity index (χ2v) is 11.7. The van der Waals surface area contributed by atoms with Crippen LogP contribution in [0.4, 0.5) is 24.5 Å². The van der Waals surface area contributed by atoms with Gasteiger partial charge in [-0.05, 0) is 81.6 Å². The maximum Gasteiger partial charge on any atom is 0.415 e. The molecule has 218 valence electrons. The van der Waals surface area contributed by atoms with Gasteiger partial charge in [0, 0.05) is 60.8 Å². The first-order chi connectivity index (χ1) is 20.2. The maximum atomic E-state index is 14.1. The standard InChI is InChI=1S/C32H33F3N6O/c1-36-27-18-22(32(33,34)35)8-10-28(27)41-16-12-31(13-17-41,30(42)39-24-11-15-40(2)20-24)23-7-9-26(38-19-23)25-4-3-14-37-29(25)21-5-6-21/h3-4,7-10,14,18-19,21,24H,5-6,11-13,15-17,20H2,2H3,(H,39,42)/t24-/m0/s1. The highest BCUT2D eigenvalue weighted by atomic mass is 19.4. The van der Waals surface area contributed by atoms with E-state index in [0.717, 1.165) is 67.0 Å². The highest BCUT2D eigenvalue weighted by Crippen LogP contribution is 2.44. The highest BCUT2D eigenvalue weighted by Gasteiger charge is 2.45. The Balaban J connectivity index is 1.29. The van der Waals surface area contributed by atoms with Crippen LogP contribution in [0, 0.1) is 6.57 Å². The summed E-state index contributed by atoms with van der Waals surface area (Å²) in [7, 11) is 2.04. The average Bonchev–Trinajstić information content (AvgIpc) is 3.77. The Hall–Kier alpha value is -3.97. The summed E-state index contributed by atoms with van der Waals surface area (Å²) in [6, 6.07) is 11.3. The number of carbonyl (C=O) groups is 1. The van der Waals surface area contributed by atoms with Gasteiger partial charge in [0.1, 0.15) is 0 Å². The number of amides is 1. The molecule has 42 heavy (non-hydrogen) atoms. The number of benzene rings is 1. The molecular weight excluding hydrogens is 541 g/mol. The van der Waals surface area contributed by atoms with Crippen LogP contribution in [-0.4, -0.2) is 60.0 Å². The Labute approximate surface area is 243 Å². The summed E-state index contributed by atoms with van der Waals surface area (Å²) < 4.78 is 39.8. The zero-order chi connectivity index (χ0) is 29.5. The van der Waals surface area contributed by atoms with Crippen LogP contribution in [0.5, 0.6) is 0 Å². The molecule has 0 spiro atoms. The van der Waals surface area contributed by atoms with Crippen molar-refractivity contribution in [3.63, 3.8) is 0 Å². The van der Waals surface area contributed by atoms with E-state index in [4.69, 9.17) is 11.6 Å². The van der Waals surface area contributed by atoms with Crippen LogP contribution in [0.15, 0.2) is 54.9 Å². The first-order valence-corrected chi connectivity index (χ1v) is 14.4. The minimum atomic E-state index is -4.52. The van der Waals surface area contributed by atoms with Crippen molar-refractivity contribution in [3.05, 3.63) is 83.1 Å². The Morgan fingerprint density at radius 1 is 1.07 bits per heavy atom. The molecule has 3 fully saturated rings. The molecule has 10 heteroatoms. The fraction of sp³-hybridized carbons (Fsp3) is 0.438. The molecule has 6 rings (SSSR count). The number of hydrogen-bond acceptors (Lipinski definition) is 5. The van der Waals surface area contributed by atoms with Gasteiger partial charge < -0.3 is 15.1 Å². The molecule has 1 amide bonds. The Morgan fingerprint density at radius 2 is 1.86 bits per heavy atom. The Bertz CT molecular complexity index is 1500. The summed E-state index contributed by atoms with van der Waals surface area (Å²) in [5, 5.41) is 3.29. The molecule has 1 saturated carbocycles. The number of anilines is 1. The van der Waals surface area contributed by atoms with Gasteiger partial charge in [-0.2, -0.15) is 13.2 Å². The topological polar surface area (TPSA) is 65.7 Å². The van der Waals surface area contributed by atoms with E-state index in [-0.39, 0.29) is 17.6 Å². The van der Waals surface area contributed by atoms with Crippen LogP contribution in [-0.2, 0) is 16.4 Å². The average molecular weight is 575 g/mol. The molecule has 3 aliphatic rings. The van der Waals surface area contributed by atoms with Crippen molar-refractivity contribution in [1.29, 1.82) is 0 Å². The van der Waals surface area contributed by atoms with Crippen molar-refractivity contribution >= 4 is 17.3 Å². The molecule has 0 unspecified atom stereocenters. The van der Waals surface area contributed by atoms with Gasteiger partial charge in [-0.25, -0.2) is 4.85 Å². The molecule has 7 nitrogen and oxygen atoms in total. The number of likely N-dealkylation sites (tertiary alicyclic amines) is 1. The second kappa shape index (κ2) is 11.0. The molecule has 1 aromatic carbocycles. The lowest BCUT2D eigenvalue weighted by Crippen LogP contribution is -2.54. The smallest absolute Gasteiger partial charge is 0.380 e. The van der Waals surface area contributed by atoms with Crippen molar-refractivity contribution < 1.29 is 18.0 Å². The van der Waals surface area contributed by atoms with E-state index < -0.39 is 17.2 Å². The van der Waals surface area contributed by atoms with Gasteiger partial charge in [-0.1, -0.05) is 12.1 Å². The number of nitrogens with one attached hydrogen (secondary N) is 1. The van der Waals surface area contributed by atoms with Crippen LogP contribution in [0.3, 0.4) is 0 Å². The molecule has 3 aromatic rings. The summed E-state index contributed by atoms with van der Waals surface area (Å²) in [6.45, 7) is 10.1. The number of carbonyl (C=O) groups excluding carboxylic acids is 1.